The summed E-state index contributed by atoms with van der Waals surface area (Å²) in [5.74, 6) is 0.540. The fourth-order valence-electron chi connectivity index (χ4n) is 3.45. The molecular weight excluding hydrogens is 364 g/mol. The molecule has 1 aliphatic carbocycles. The Morgan fingerprint density at radius 3 is 2.96 bits per heavy atom. The van der Waals surface area contributed by atoms with Gasteiger partial charge in [0.05, 0.1) is 12.8 Å². The molecule has 0 atom stereocenters. The standard InChI is InChI=1S/C20H20N2O4S/c1-11-8-19(24)26-16-10-15(25-2)12(9-13(11)16)6-7-18(23)22-20-21-14-4-3-5-17(14)27-20/h8-10H,3-7H2,1-2H3,(H,21,22,23). The maximum absolute atomic E-state index is 12.3. The fraction of sp³-hybridized carbons (Fsp3) is 0.350. The van der Waals surface area contributed by atoms with Gasteiger partial charge >= 0.3 is 5.63 Å². The lowest BCUT2D eigenvalue weighted by molar-refractivity contribution is -0.116. The third-order valence-corrected chi connectivity index (χ3v) is 5.89. The number of thiazole rings is 1. The van der Waals surface area contributed by atoms with Gasteiger partial charge in [-0.2, -0.15) is 0 Å². The minimum Gasteiger partial charge on any atom is -0.496 e. The average molecular weight is 384 g/mol. The van der Waals surface area contributed by atoms with Crippen molar-refractivity contribution < 1.29 is 13.9 Å². The molecule has 0 spiro atoms. The summed E-state index contributed by atoms with van der Waals surface area (Å²) < 4.78 is 10.7. The summed E-state index contributed by atoms with van der Waals surface area (Å²) in [6.07, 6.45) is 4.07. The second-order valence-corrected chi connectivity index (χ2v) is 7.78. The predicted octanol–water partition coefficient (Wildman–Crippen LogP) is 3.63. The lowest BCUT2D eigenvalue weighted by Gasteiger charge is -2.11. The van der Waals surface area contributed by atoms with Crippen LogP contribution in [0.1, 0.15) is 34.5 Å². The van der Waals surface area contributed by atoms with E-state index < -0.39 is 0 Å². The highest BCUT2D eigenvalue weighted by Crippen LogP contribution is 2.31. The van der Waals surface area contributed by atoms with Crippen molar-refractivity contribution >= 4 is 33.3 Å². The molecule has 2 heterocycles. The monoisotopic (exact) mass is 384 g/mol. The van der Waals surface area contributed by atoms with E-state index in [4.69, 9.17) is 9.15 Å². The summed E-state index contributed by atoms with van der Waals surface area (Å²) >= 11 is 1.58. The van der Waals surface area contributed by atoms with Gasteiger partial charge in [0.25, 0.3) is 0 Å². The molecule has 1 amide bonds. The van der Waals surface area contributed by atoms with Crippen molar-refractivity contribution in [2.45, 2.75) is 39.0 Å². The van der Waals surface area contributed by atoms with E-state index in [1.807, 2.05) is 13.0 Å². The Balaban J connectivity index is 1.50. The van der Waals surface area contributed by atoms with Crippen molar-refractivity contribution in [1.29, 1.82) is 0 Å². The summed E-state index contributed by atoms with van der Waals surface area (Å²) in [5.41, 5.74) is 2.97. The molecule has 0 bridgehead atoms. The number of fused-ring (bicyclic) bond motifs is 2. The minimum absolute atomic E-state index is 0.0686. The van der Waals surface area contributed by atoms with Gasteiger partial charge in [0.1, 0.15) is 11.3 Å². The number of carbonyl (C=O) groups is 1. The van der Waals surface area contributed by atoms with Gasteiger partial charge in [-0.25, -0.2) is 9.78 Å². The van der Waals surface area contributed by atoms with E-state index in [0.717, 1.165) is 41.5 Å². The zero-order valence-corrected chi connectivity index (χ0v) is 16.1. The SMILES string of the molecule is COc1cc2oc(=O)cc(C)c2cc1CCC(=O)Nc1nc2c(s1)CCC2. The number of aryl methyl sites for hydroxylation is 4. The molecule has 0 fully saturated rings. The van der Waals surface area contributed by atoms with Crippen molar-refractivity contribution in [3.05, 3.63) is 50.3 Å². The molecule has 140 valence electrons. The van der Waals surface area contributed by atoms with E-state index >= 15 is 0 Å². The van der Waals surface area contributed by atoms with Crippen LogP contribution in [-0.4, -0.2) is 18.0 Å². The van der Waals surface area contributed by atoms with Crippen molar-refractivity contribution in [2.75, 3.05) is 12.4 Å². The maximum atomic E-state index is 12.3. The Bertz CT molecular complexity index is 1060. The van der Waals surface area contributed by atoms with E-state index in [0.29, 0.717) is 29.3 Å². The number of rotatable bonds is 5. The first-order valence-corrected chi connectivity index (χ1v) is 9.75. The van der Waals surface area contributed by atoms with Crippen molar-refractivity contribution in [3.63, 3.8) is 0 Å². The van der Waals surface area contributed by atoms with Crippen LogP contribution in [0.15, 0.2) is 27.4 Å². The summed E-state index contributed by atoms with van der Waals surface area (Å²) in [7, 11) is 1.57. The number of benzene rings is 1. The Morgan fingerprint density at radius 2 is 2.19 bits per heavy atom. The van der Waals surface area contributed by atoms with Gasteiger partial charge in [0.2, 0.25) is 5.91 Å². The first kappa shape index (κ1) is 17.7. The van der Waals surface area contributed by atoms with E-state index in [1.54, 1.807) is 24.5 Å². The Labute approximate surface area is 160 Å². The molecule has 4 rings (SSSR count). The van der Waals surface area contributed by atoms with Crippen LogP contribution in [0, 0.1) is 6.92 Å². The van der Waals surface area contributed by atoms with Gasteiger partial charge in [0, 0.05) is 28.8 Å². The lowest BCUT2D eigenvalue weighted by atomic mass is 10.0. The third kappa shape index (κ3) is 3.60. The fourth-order valence-corrected chi connectivity index (χ4v) is 4.52. The molecule has 1 N–H and O–H groups in total. The number of nitrogens with zero attached hydrogens (tertiary/aromatic N) is 1. The molecule has 0 saturated carbocycles. The molecule has 2 aromatic heterocycles. The molecule has 0 radical (unpaired) electrons. The average Bonchev–Trinajstić information content (AvgIpc) is 3.20. The largest absolute Gasteiger partial charge is 0.496 e. The van der Waals surface area contributed by atoms with E-state index in [9.17, 15) is 9.59 Å². The Kier molecular flexibility index (Phi) is 4.70. The van der Waals surface area contributed by atoms with E-state index in [-0.39, 0.29) is 11.5 Å². The maximum Gasteiger partial charge on any atom is 0.336 e. The first-order chi connectivity index (χ1) is 13.0. The van der Waals surface area contributed by atoms with Gasteiger partial charge < -0.3 is 14.5 Å². The quantitative estimate of drug-likeness (QED) is 0.680. The highest BCUT2D eigenvalue weighted by atomic mass is 32.1. The molecule has 7 heteroatoms. The topological polar surface area (TPSA) is 81.4 Å². The van der Waals surface area contributed by atoms with Crippen LogP contribution in [0.2, 0.25) is 0 Å². The van der Waals surface area contributed by atoms with Crippen molar-refractivity contribution in [1.82, 2.24) is 4.98 Å². The Morgan fingerprint density at radius 1 is 1.33 bits per heavy atom. The molecule has 0 saturated heterocycles. The number of methoxy groups -OCH3 is 1. The van der Waals surface area contributed by atoms with Crippen LogP contribution >= 0.6 is 11.3 Å². The van der Waals surface area contributed by atoms with Gasteiger partial charge in [-0.05, 0) is 49.8 Å². The second kappa shape index (κ2) is 7.15. The summed E-state index contributed by atoms with van der Waals surface area (Å²) in [5, 5.41) is 4.44. The molecular formula is C20H20N2O4S. The van der Waals surface area contributed by atoms with Gasteiger partial charge in [-0.3, -0.25) is 4.79 Å². The third-order valence-electron chi connectivity index (χ3n) is 4.82. The molecule has 0 unspecified atom stereocenters. The van der Waals surface area contributed by atoms with Crippen LogP contribution in [-0.2, 0) is 24.1 Å². The highest BCUT2D eigenvalue weighted by Gasteiger charge is 2.18. The number of nitrogens with one attached hydrogen (secondary N) is 1. The first-order valence-electron chi connectivity index (χ1n) is 8.93. The van der Waals surface area contributed by atoms with Crippen molar-refractivity contribution in [2.24, 2.45) is 0 Å². The van der Waals surface area contributed by atoms with Gasteiger partial charge in [-0.1, -0.05) is 0 Å². The van der Waals surface area contributed by atoms with Gasteiger partial charge in [0.15, 0.2) is 5.13 Å². The normalized spacial score (nSPS) is 13.0. The van der Waals surface area contributed by atoms with Gasteiger partial charge in [-0.15, -0.1) is 11.3 Å². The number of carbonyl (C=O) groups excluding carboxylic acids is 1. The number of aromatic nitrogens is 1. The molecule has 3 aromatic rings. The number of hydrogen-bond donors (Lipinski definition) is 1. The van der Waals surface area contributed by atoms with Crippen LogP contribution in [0.5, 0.6) is 5.75 Å². The van der Waals surface area contributed by atoms with Crippen LogP contribution in [0.4, 0.5) is 5.13 Å². The molecule has 1 aromatic carbocycles. The molecule has 1 aliphatic rings. The minimum atomic E-state index is -0.385. The Hall–Kier alpha value is -2.67. The molecule has 27 heavy (non-hydrogen) atoms. The number of hydrogen-bond acceptors (Lipinski definition) is 6. The summed E-state index contributed by atoms with van der Waals surface area (Å²) in [4.78, 5) is 29.7. The number of amides is 1. The van der Waals surface area contributed by atoms with Crippen LogP contribution < -0.4 is 15.7 Å². The predicted molar refractivity (Wildman–Crippen MR) is 105 cm³/mol. The molecule has 6 nitrogen and oxygen atoms in total. The lowest BCUT2D eigenvalue weighted by Crippen LogP contribution is -2.12. The highest BCUT2D eigenvalue weighted by molar-refractivity contribution is 7.15. The van der Waals surface area contributed by atoms with Crippen LogP contribution in [0.25, 0.3) is 11.0 Å². The van der Waals surface area contributed by atoms with Crippen LogP contribution in [0.3, 0.4) is 0 Å². The summed E-state index contributed by atoms with van der Waals surface area (Å²) in [6.45, 7) is 1.86. The number of ether oxygens (including phenoxy) is 1. The second-order valence-electron chi connectivity index (χ2n) is 6.70. The molecule has 0 aliphatic heterocycles. The van der Waals surface area contributed by atoms with E-state index in [1.165, 1.54) is 10.9 Å². The smallest absolute Gasteiger partial charge is 0.336 e. The zero-order valence-electron chi connectivity index (χ0n) is 15.3. The zero-order chi connectivity index (χ0) is 19.0. The van der Waals surface area contributed by atoms with E-state index in [2.05, 4.69) is 10.3 Å². The van der Waals surface area contributed by atoms with Crippen molar-refractivity contribution in [3.8, 4) is 5.75 Å². The summed E-state index contributed by atoms with van der Waals surface area (Å²) in [6, 6.07) is 5.10. The number of anilines is 1.